The molecule has 0 aromatic heterocycles. The van der Waals surface area contributed by atoms with Crippen molar-refractivity contribution in [3.05, 3.63) is 24.3 Å². The van der Waals surface area contributed by atoms with E-state index in [1.807, 2.05) is 45.1 Å². The number of hydrogen-bond donors (Lipinski definition) is 1. The summed E-state index contributed by atoms with van der Waals surface area (Å²) < 4.78 is 12.2. The summed E-state index contributed by atoms with van der Waals surface area (Å²) in [6, 6.07) is -0.919. The van der Waals surface area contributed by atoms with Gasteiger partial charge in [0, 0.05) is 25.7 Å². The fourth-order valence-corrected chi connectivity index (χ4v) is 5.41. The van der Waals surface area contributed by atoms with Crippen molar-refractivity contribution in [2.75, 3.05) is 19.7 Å². The van der Waals surface area contributed by atoms with E-state index < -0.39 is 35.6 Å². The van der Waals surface area contributed by atoms with E-state index >= 15 is 0 Å². The van der Waals surface area contributed by atoms with Gasteiger partial charge in [-0.1, -0.05) is 24.3 Å². The number of rotatable bonds is 4. The van der Waals surface area contributed by atoms with Crippen LogP contribution in [0.4, 0.5) is 0 Å². The maximum absolute atomic E-state index is 13.7. The third-order valence-corrected chi connectivity index (χ3v) is 6.86. The number of cyclic esters (lactones) is 1. The molecule has 0 radical (unpaired) electrons. The predicted octanol–water partition coefficient (Wildman–Crippen LogP) is 1.04. The Morgan fingerprint density at radius 1 is 1.23 bits per heavy atom. The Balaban J connectivity index is 1.81. The van der Waals surface area contributed by atoms with E-state index in [4.69, 9.17) is 9.47 Å². The standard InChI is InChI=1S/C23H32N2O6/c1-14(2)24-11-6-10-23-18(20(27)25(12-7-13-26)19(23)21(24)28)17-16(31-23)9-5-4-8-15(3)30-22(17)29/h5-6,9-10,14-19,26H,4,7-8,11-13H2,1-3H3/b9-5-/t15?,16-,17?,18+,19-,23?/m1/s1. The Labute approximate surface area is 182 Å². The quantitative estimate of drug-likeness (QED) is 0.527. The van der Waals surface area contributed by atoms with Crippen LogP contribution in [0.1, 0.15) is 40.0 Å². The Morgan fingerprint density at radius 3 is 2.71 bits per heavy atom. The molecule has 4 aliphatic rings. The molecule has 2 fully saturated rings. The minimum absolute atomic E-state index is 0.0505. The molecule has 2 amide bonds. The SMILES string of the molecule is CC1CC/C=C\[C@H]2OC34C=CCN(C(C)C)C(=O)[C@H]3N(CCCO)C(=O)[C@@H]4C2C(=O)O1. The van der Waals surface area contributed by atoms with Gasteiger partial charge in [-0.3, -0.25) is 14.4 Å². The second kappa shape index (κ2) is 8.39. The number of aliphatic hydroxyl groups excluding tert-OH is 1. The number of likely N-dealkylation sites (tertiary alicyclic amines) is 1. The van der Waals surface area contributed by atoms with Crippen LogP contribution < -0.4 is 0 Å². The smallest absolute Gasteiger partial charge is 0.313 e. The third-order valence-electron chi connectivity index (χ3n) is 6.86. The molecule has 6 atom stereocenters. The molecule has 8 nitrogen and oxygen atoms in total. The fraction of sp³-hybridized carbons (Fsp3) is 0.696. The molecular weight excluding hydrogens is 400 g/mol. The van der Waals surface area contributed by atoms with Gasteiger partial charge in [0.15, 0.2) is 0 Å². The van der Waals surface area contributed by atoms with Crippen LogP contribution in [0.2, 0.25) is 0 Å². The second-order valence-corrected chi connectivity index (χ2v) is 9.19. The maximum atomic E-state index is 13.7. The molecule has 4 heterocycles. The molecule has 170 valence electrons. The van der Waals surface area contributed by atoms with Crippen molar-refractivity contribution >= 4 is 17.8 Å². The van der Waals surface area contributed by atoms with Crippen molar-refractivity contribution in [3.63, 3.8) is 0 Å². The number of allylic oxidation sites excluding steroid dienone is 1. The van der Waals surface area contributed by atoms with Gasteiger partial charge in [-0.25, -0.2) is 0 Å². The molecule has 0 saturated carbocycles. The normalized spacial score (nSPS) is 38.7. The largest absolute Gasteiger partial charge is 0.462 e. The zero-order valence-electron chi connectivity index (χ0n) is 18.4. The molecule has 0 aliphatic carbocycles. The molecule has 4 rings (SSSR count). The van der Waals surface area contributed by atoms with E-state index in [0.29, 0.717) is 19.4 Å². The van der Waals surface area contributed by atoms with Crippen molar-refractivity contribution in [3.8, 4) is 0 Å². The van der Waals surface area contributed by atoms with Gasteiger partial charge < -0.3 is 24.4 Å². The van der Waals surface area contributed by atoms with Crippen LogP contribution in [0.3, 0.4) is 0 Å². The lowest BCUT2D eigenvalue weighted by molar-refractivity contribution is -0.158. The van der Waals surface area contributed by atoms with E-state index in [9.17, 15) is 19.5 Å². The Morgan fingerprint density at radius 2 is 2.00 bits per heavy atom. The first-order chi connectivity index (χ1) is 14.8. The number of hydrogen-bond acceptors (Lipinski definition) is 6. The predicted molar refractivity (Wildman–Crippen MR) is 112 cm³/mol. The number of aliphatic hydroxyl groups is 1. The summed E-state index contributed by atoms with van der Waals surface area (Å²) in [5.41, 5.74) is -1.23. The van der Waals surface area contributed by atoms with Crippen molar-refractivity contribution in [1.82, 2.24) is 9.80 Å². The van der Waals surface area contributed by atoms with Gasteiger partial charge in [0.2, 0.25) is 11.8 Å². The highest BCUT2D eigenvalue weighted by Crippen LogP contribution is 2.53. The zero-order valence-corrected chi connectivity index (χ0v) is 18.4. The first-order valence-corrected chi connectivity index (χ1v) is 11.3. The summed E-state index contributed by atoms with van der Waals surface area (Å²) in [7, 11) is 0. The van der Waals surface area contributed by atoms with Gasteiger partial charge in [0.25, 0.3) is 0 Å². The Hall–Kier alpha value is -2.19. The lowest BCUT2D eigenvalue weighted by atomic mass is 9.78. The molecule has 1 spiro atoms. The summed E-state index contributed by atoms with van der Waals surface area (Å²) in [6.07, 6.45) is 8.43. The molecule has 3 unspecified atom stereocenters. The number of ether oxygens (including phenoxy) is 2. The van der Waals surface area contributed by atoms with Crippen molar-refractivity contribution in [2.45, 2.75) is 69.9 Å². The van der Waals surface area contributed by atoms with Crippen LogP contribution in [0.25, 0.3) is 0 Å². The molecular formula is C23H32N2O6. The van der Waals surface area contributed by atoms with E-state index in [-0.39, 0.29) is 37.1 Å². The van der Waals surface area contributed by atoms with E-state index in [1.54, 1.807) is 4.90 Å². The minimum atomic E-state index is -1.23. The molecule has 0 bridgehead atoms. The summed E-state index contributed by atoms with van der Waals surface area (Å²) in [4.78, 5) is 43.8. The van der Waals surface area contributed by atoms with Gasteiger partial charge in [-0.15, -0.1) is 0 Å². The van der Waals surface area contributed by atoms with Crippen molar-refractivity contribution < 1.29 is 29.0 Å². The lowest BCUT2D eigenvalue weighted by Gasteiger charge is -2.36. The number of carbonyl (C=O) groups excluding carboxylic acids is 3. The number of esters is 1. The van der Waals surface area contributed by atoms with Crippen molar-refractivity contribution in [1.29, 1.82) is 0 Å². The molecule has 31 heavy (non-hydrogen) atoms. The Bertz CT molecular complexity index is 808. The first-order valence-electron chi connectivity index (χ1n) is 11.3. The zero-order chi connectivity index (χ0) is 22.3. The van der Waals surface area contributed by atoms with Crippen LogP contribution >= 0.6 is 0 Å². The highest BCUT2D eigenvalue weighted by molar-refractivity contribution is 5.99. The lowest BCUT2D eigenvalue weighted by Crippen LogP contribution is -2.56. The van der Waals surface area contributed by atoms with Gasteiger partial charge in [-0.2, -0.15) is 0 Å². The van der Waals surface area contributed by atoms with Gasteiger partial charge in [0.05, 0.1) is 18.1 Å². The van der Waals surface area contributed by atoms with Crippen LogP contribution in [0, 0.1) is 11.8 Å². The molecule has 1 N–H and O–H groups in total. The molecule has 0 aromatic carbocycles. The number of amides is 2. The summed E-state index contributed by atoms with van der Waals surface area (Å²) in [5, 5.41) is 9.37. The summed E-state index contributed by atoms with van der Waals surface area (Å²) in [6.45, 7) is 6.27. The number of carbonyl (C=O) groups is 3. The monoisotopic (exact) mass is 432 g/mol. The van der Waals surface area contributed by atoms with Crippen molar-refractivity contribution in [2.24, 2.45) is 11.8 Å². The van der Waals surface area contributed by atoms with E-state index in [1.165, 1.54) is 4.90 Å². The van der Waals surface area contributed by atoms with Crippen LogP contribution in [-0.2, 0) is 23.9 Å². The van der Waals surface area contributed by atoms with E-state index in [0.717, 1.165) is 6.42 Å². The maximum Gasteiger partial charge on any atom is 0.313 e. The summed E-state index contributed by atoms with van der Waals surface area (Å²) >= 11 is 0. The number of nitrogens with zero attached hydrogens (tertiary/aromatic N) is 2. The van der Waals surface area contributed by atoms with Crippen LogP contribution in [-0.4, -0.2) is 82.3 Å². The van der Waals surface area contributed by atoms with E-state index in [2.05, 4.69) is 0 Å². The topological polar surface area (TPSA) is 96.4 Å². The highest BCUT2D eigenvalue weighted by Gasteiger charge is 2.71. The summed E-state index contributed by atoms with van der Waals surface area (Å²) in [5.74, 6) is -2.57. The van der Waals surface area contributed by atoms with Crippen LogP contribution in [0.5, 0.6) is 0 Å². The second-order valence-electron chi connectivity index (χ2n) is 9.19. The highest BCUT2D eigenvalue weighted by atomic mass is 16.6. The number of fused-ring (bicyclic) bond motifs is 2. The average molecular weight is 433 g/mol. The Kier molecular flexibility index (Phi) is 5.96. The molecule has 2 saturated heterocycles. The van der Waals surface area contributed by atoms with Gasteiger partial charge in [-0.05, 0) is 40.0 Å². The molecule has 4 aliphatic heterocycles. The van der Waals surface area contributed by atoms with Gasteiger partial charge >= 0.3 is 5.97 Å². The minimum Gasteiger partial charge on any atom is -0.462 e. The third kappa shape index (κ3) is 3.49. The molecule has 0 aromatic rings. The van der Waals surface area contributed by atoms with Crippen LogP contribution in [0.15, 0.2) is 24.3 Å². The fourth-order valence-electron chi connectivity index (χ4n) is 5.41. The van der Waals surface area contributed by atoms with Gasteiger partial charge in [0.1, 0.15) is 17.6 Å². The molecule has 8 heteroatoms. The average Bonchev–Trinajstić information content (AvgIpc) is 3.11. The first kappa shape index (κ1) is 22.0.